The summed E-state index contributed by atoms with van der Waals surface area (Å²) in [4.78, 5) is 13.7. The molecule has 1 heterocycles. The molecular formula is C16H19FN2O. The van der Waals surface area contributed by atoms with Crippen LogP contribution < -0.4 is 0 Å². The van der Waals surface area contributed by atoms with Crippen molar-refractivity contribution in [3.63, 3.8) is 0 Å². The number of hydrogen-bond donors (Lipinski definition) is 0. The number of nitrogens with zero attached hydrogens (tertiary/aromatic N) is 2. The molecular weight excluding hydrogens is 255 g/mol. The van der Waals surface area contributed by atoms with E-state index < -0.39 is 5.82 Å². The molecule has 1 aliphatic heterocycles. The van der Waals surface area contributed by atoms with Crippen LogP contribution in [0, 0.1) is 28.5 Å². The molecule has 1 aromatic carbocycles. The Balaban J connectivity index is 2.12. The van der Waals surface area contributed by atoms with Crippen molar-refractivity contribution in [1.82, 2.24) is 4.90 Å². The summed E-state index contributed by atoms with van der Waals surface area (Å²) >= 11 is 0. The minimum absolute atomic E-state index is 0.0770. The first kappa shape index (κ1) is 14.5. The van der Waals surface area contributed by atoms with E-state index in [1.54, 1.807) is 17.0 Å². The van der Waals surface area contributed by atoms with Crippen molar-refractivity contribution < 1.29 is 9.18 Å². The summed E-state index contributed by atoms with van der Waals surface area (Å²) in [5.74, 6) is -0.0406. The number of hydrogen-bond acceptors (Lipinski definition) is 2. The van der Waals surface area contributed by atoms with Crippen molar-refractivity contribution in [1.29, 1.82) is 5.26 Å². The lowest BCUT2D eigenvalue weighted by molar-refractivity contribution is -0.128. The minimum Gasteiger partial charge on any atom is -0.338 e. The molecule has 0 aromatic heterocycles. The molecule has 0 N–H and O–H groups in total. The summed E-state index contributed by atoms with van der Waals surface area (Å²) in [7, 11) is 0. The molecule has 2 rings (SSSR count). The van der Waals surface area contributed by atoms with Crippen molar-refractivity contribution in [2.45, 2.75) is 33.7 Å². The Morgan fingerprint density at radius 3 is 2.65 bits per heavy atom. The van der Waals surface area contributed by atoms with Crippen LogP contribution in [0.2, 0.25) is 0 Å². The molecule has 1 fully saturated rings. The van der Waals surface area contributed by atoms with Crippen molar-refractivity contribution >= 4 is 5.91 Å². The summed E-state index contributed by atoms with van der Waals surface area (Å²) in [6, 6.07) is 6.30. The first-order valence-corrected chi connectivity index (χ1v) is 6.77. The van der Waals surface area contributed by atoms with E-state index in [9.17, 15) is 9.18 Å². The molecule has 0 spiro atoms. The second-order valence-corrected chi connectivity index (χ2v) is 6.46. The predicted octanol–water partition coefficient (Wildman–Crippen LogP) is 3.09. The fraction of sp³-hybridized carbons (Fsp3) is 0.500. The summed E-state index contributed by atoms with van der Waals surface area (Å²) < 4.78 is 13.9. The highest BCUT2D eigenvalue weighted by Gasteiger charge is 2.36. The summed E-state index contributed by atoms with van der Waals surface area (Å²) in [5, 5.41) is 8.72. The molecule has 20 heavy (non-hydrogen) atoms. The molecule has 3 nitrogen and oxygen atoms in total. The highest BCUT2D eigenvalue weighted by Crippen LogP contribution is 2.34. The first-order valence-electron chi connectivity index (χ1n) is 6.77. The minimum atomic E-state index is -0.420. The number of rotatable bonds is 2. The lowest BCUT2D eigenvalue weighted by atomic mass is 9.80. The number of carbonyl (C=O) groups excluding carboxylic acids is 1. The SMILES string of the molecule is CC(C)(C)C1CC(=O)N(Cc2ccc(C#N)cc2F)C1. The first-order chi connectivity index (χ1) is 9.31. The summed E-state index contributed by atoms with van der Waals surface area (Å²) in [5.41, 5.74) is 0.839. The van der Waals surface area contributed by atoms with Gasteiger partial charge in [-0.1, -0.05) is 26.8 Å². The van der Waals surface area contributed by atoms with E-state index in [0.717, 1.165) is 0 Å². The van der Waals surface area contributed by atoms with Crippen molar-refractivity contribution in [2.24, 2.45) is 11.3 Å². The molecule has 1 aromatic rings. The number of benzene rings is 1. The lowest BCUT2D eigenvalue weighted by Gasteiger charge is -2.26. The standard InChI is InChI=1S/C16H19FN2O/c1-16(2,3)13-7-15(20)19(10-13)9-12-5-4-11(8-18)6-14(12)17/h4-6,13H,7,9-10H2,1-3H3. The second kappa shape index (κ2) is 5.24. The van der Waals surface area contributed by atoms with Gasteiger partial charge in [0.1, 0.15) is 5.82 Å². The molecule has 0 aliphatic carbocycles. The Hall–Kier alpha value is -1.89. The lowest BCUT2D eigenvalue weighted by Crippen LogP contribution is -2.27. The largest absolute Gasteiger partial charge is 0.338 e. The summed E-state index contributed by atoms with van der Waals surface area (Å²) in [6.45, 7) is 7.31. The fourth-order valence-electron chi connectivity index (χ4n) is 2.46. The Kier molecular flexibility index (Phi) is 3.80. The maximum atomic E-state index is 13.9. The van der Waals surface area contributed by atoms with Crippen LogP contribution in [-0.2, 0) is 11.3 Å². The normalized spacial score (nSPS) is 19.2. The van der Waals surface area contributed by atoms with Crippen LogP contribution >= 0.6 is 0 Å². The van der Waals surface area contributed by atoms with Gasteiger partial charge >= 0.3 is 0 Å². The smallest absolute Gasteiger partial charge is 0.223 e. The molecule has 1 saturated heterocycles. The molecule has 1 unspecified atom stereocenters. The van der Waals surface area contributed by atoms with E-state index in [0.29, 0.717) is 30.0 Å². The average Bonchev–Trinajstić information content (AvgIpc) is 2.73. The Morgan fingerprint density at radius 1 is 1.45 bits per heavy atom. The van der Waals surface area contributed by atoms with Gasteiger partial charge in [-0.25, -0.2) is 4.39 Å². The summed E-state index contributed by atoms with van der Waals surface area (Å²) in [6.07, 6.45) is 0.529. The molecule has 1 atom stereocenters. The highest BCUT2D eigenvalue weighted by molar-refractivity contribution is 5.78. The molecule has 1 amide bonds. The van der Waals surface area contributed by atoms with Crippen molar-refractivity contribution in [3.8, 4) is 6.07 Å². The van der Waals surface area contributed by atoms with Crippen LogP contribution in [0.4, 0.5) is 4.39 Å². The van der Waals surface area contributed by atoms with Gasteiger partial charge in [0.15, 0.2) is 0 Å². The van der Waals surface area contributed by atoms with Gasteiger partial charge in [-0.05, 0) is 23.5 Å². The Morgan fingerprint density at radius 2 is 2.15 bits per heavy atom. The second-order valence-electron chi connectivity index (χ2n) is 6.46. The topological polar surface area (TPSA) is 44.1 Å². The van der Waals surface area contributed by atoms with Gasteiger partial charge in [0, 0.05) is 25.1 Å². The fourth-order valence-corrected chi connectivity index (χ4v) is 2.46. The van der Waals surface area contributed by atoms with Gasteiger partial charge in [-0.2, -0.15) is 5.26 Å². The Bertz CT molecular complexity index is 569. The van der Waals surface area contributed by atoms with Crippen molar-refractivity contribution in [3.05, 3.63) is 35.1 Å². The monoisotopic (exact) mass is 274 g/mol. The Labute approximate surface area is 119 Å². The van der Waals surface area contributed by atoms with E-state index in [2.05, 4.69) is 20.8 Å². The molecule has 0 bridgehead atoms. The number of nitriles is 1. The van der Waals surface area contributed by atoms with Gasteiger partial charge < -0.3 is 4.90 Å². The number of likely N-dealkylation sites (tertiary alicyclic amines) is 1. The molecule has 0 radical (unpaired) electrons. The third-order valence-corrected chi connectivity index (χ3v) is 3.98. The van der Waals surface area contributed by atoms with E-state index in [4.69, 9.17) is 5.26 Å². The maximum absolute atomic E-state index is 13.9. The zero-order valence-electron chi connectivity index (χ0n) is 12.1. The highest BCUT2D eigenvalue weighted by atomic mass is 19.1. The van der Waals surface area contributed by atoms with Gasteiger partial charge in [0.05, 0.1) is 11.6 Å². The molecule has 1 aliphatic rings. The van der Waals surface area contributed by atoms with Crippen LogP contribution in [0.3, 0.4) is 0 Å². The van der Waals surface area contributed by atoms with Gasteiger partial charge in [-0.3, -0.25) is 4.79 Å². The van der Waals surface area contributed by atoms with Crippen LogP contribution in [0.15, 0.2) is 18.2 Å². The zero-order chi connectivity index (χ0) is 14.9. The molecule has 4 heteroatoms. The van der Waals surface area contributed by atoms with Crippen LogP contribution in [-0.4, -0.2) is 17.4 Å². The molecule has 0 saturated carbocycles. The molecule has 106 valence electrons. The van der Waals surface area contributed by atoms with Gasteiger partial charge in [0.25, 0.3) is 0 Å². The third-order valence-electron chi connectivity index (χ3n) is 3.98. The van der Waals surface area contributed by atoms with Crippen LogP contribution in [0.5, 0.6) is 0 Å². The average molecular weight is 274 g/mol. The third kappa shape index (κ3) is 2.98. The number of carbonyl (C=O) groups is 1. The van der Waals surface area contributed by atoms with E-state index >= 15 is 0 Å². The van der Waals surface area contributed by atoms with Gasteiger partial charge in [-0.15, -0.1) is 0 Å². The maximum Gasteiger partial charge on any atom is 0.223 e. The van der Waals surface area contributed by atoms with Crippen LogP contribution in [0.1, 0.15) is 38.3 Å². The van der Waals surface area contributed by atoms with E-state index in [1.165, 1.54) is 6.07 Å². The predicted molar refractivity (Wildman–Crippen MR) is 74.1 cm³/mol. The van der Waals surface area contributed by atoms with E-state index in [-0.39, 0.29) is 17.9 Å². The number of halogens is 1. The van der Waals surface area contributed by atoms with E-state index in [1.807, 2.05) is 6.07 Å². The van der Waals surface area contributed by atoms with Crippen LogP contribution in [0.25, 0.3) is 0 Å². The zero-order valence-corrected chi connectivity index (χ0v) is 12.1. The quantitative estimate of drug-likeness (QED) is 0.831. The van der Waals surface area contributed by atoms with Gasteiger partial charge in [0.2, 0.25) is 5.91 Å². The number of amides is 1. The van der Waals surface area contributed by atoms with Crippen molar-refractivity contribution in [2.75, 3.05) is 6.54 Å².